The lowest BCUT2D eigenvalue weighted by Crippen LogP contribution is -2.25. The first kappa shape index (κ1) is 17.3. The van der Waals surface area contributed by atoms with Crippen LogP contribution in [0.25, 0.3) is 0 Å². The summed E-state index contributed by atoms with van der Waals surface area (Å²) in [6, 6.07) is 0. The molecule has 4 nitrogen and oxygen atoms in total. The molecule has 1 heterocycles. The van der Waals surface area contributed by atoms with E-state index in [0.29, 0.717) is 6.61 Å². The Morgan fingerprint density at radius 3 is 2.80 bits per heavy atom. The van der Waals surface area contributed by atoms with Crippen molar-refractivity contribution in [1.29, 1.82) is 0 Å². The summed E-state index contributed by atoms with van der Waals surface area (Å²) in [7, 11) is 0. The van der Waals surface area contributed by atoms with Crippen molar-refractivity contribution in [3.05, 3.63) is 0 Å². The number of unbranched alkanes of at least 4 members (excludes halogenated alkanes) is 5. The van der Waals surface area contributed by atoms with Gasteiger partial charge >= 0.3 is 6.09 Å². The number of hydrogen-bond donors (Lipinski definition) is 1. The van der Waals surface area contributed by atoms with E-state index in [9.17, 15) is 4.79 Å². The normalized spacial score (nSPS) is 18.1. The van der Waals surface area contributed by atoms with Gasteiger partial charge in [-0.1, -0.05) is 39.0 Å². The van der Waals surface area contributed by atoms with E-state index in [0.717, 1.165) is 44.8 Å². The maximum absolute atomic E-state index is 11.4. The van der Waals surface area contributed by atoms with Crippen LogP contribution >= 0.6 is 0 Å². The minimum absolute atomic E-state index is 0.254. The first-order valence-corrected chi connectivity index (χ1v) is 8.36. The van der Waals surface area contributed by atoms with Crippen LogP contribution in [-0.4, -0.2) is 32.3 Å². The first-order valence-electron chi connectivity index (χ1n) is 8.36. The number of rotatable bonds is 11. The molecule has 1 unspecified atom stereocenters. The van der Waals surface area contributed by atoms with Crippen LogP contribution < -0.4 is 10.6 Å². The molecular weight excluding hydrogens is 252 g/mol. The highest BCUT2D eigenvalue weighted by molar-refractivity contribution is 5.66. The first-order chi connectivity index (χ1) is 9.83. The van der Waals surface area contributed by atoms with E-state index < -0.39 is 0 Å². The molecule has 1 aliphatic heterocycles. The van der Waals surface area contributed by atoms with Gasteiger partial charge in [0.25, 0.3) is 0 Å². The van der Waals surface area contributed by atoms with Gasteiger partial charge in [0.1, 0.15) is 0 Å². The van der Waals surface area contributed by atoms with Crippen molar-refractivity contribution in [3.8, 4) is 0 Å². The number of alkyl carbamates (subject to hydrolysis) is 1. The lowest BCUT2D eigenvalue weighted by molar-refractivity contribution is 0.143. The number of ether oxygens (including phenoxy) is 1. The third-order valence-corrected chi connectivity index (χ3v) is 3.87. The van der Waals surface area contributed by atoms with E-state index in [2.05, 4.69) is 17.6 Å². The third-order valence-electron chi connectivity index (χ3n) is 3.87. The van der Waals surface area contributed by atoms with Crippen molar-refractivity contribution in [1.82, 2.24) is 10.6 Å². The van der Waals surface area contributed by atoms with Crippen LogP contribution in [0.3, 0.4) is 0 Å². The third kappa shape index (κ3) is 9.18. The second kappa shape index (κ2) is 12.0. The Morgan fingerprint density at radius 2 is 2.05 bits per heavy atom. The minimum Gasteiger partial charge on any atom is -0.450 e. The zero-order chi connectivity index (χ0) is 14.5. The number of hydrogen-bond acceptors (Lipinski definition) is 2. The molecule has 1 rings (SSSR count). The summed E-state index contributed by atoms with van der Waals surface area (Å²) >= 11 is 0. The van der Waals surface area contributed by atoms with Crippen molar-refractivity contribution >= 4 is 6.09 Å². The molecule has 0 bridgehead atoms. The summed E-state index contributed by atoms with van der Waals surface area (Å²) in [5.74, 6) is 0.830. The molecule has 1 atom stereocenters. The lowest BCUT2D eigenvalue weighted by atomic mass is 10.0. The van der Waals surface area contributed by atoms with Crippen molar-refractivity contribution in [2.24, 2.45) is 5.92 Å². The Kier molecular flexibility index (Phi) is 10.4. The molecule has 4 heteroatoms. The van der Waals surface area contributed by atoms with Crippen LogP contribution in [0, 0.1) is 5.92 Å². The molecule has 20 heavy (non-hydrogen) atoms. The highest BCUT2D eigenvalue weighted by atomic mass is 16.5. The van der Waals surface area contributed by atoms with Gasteiger partial charge in [0.15, 0.2) is 0 Å². The average molecular weight is 283 g/mol. The van der Waals surface area contributed by atoms with Crippen LogP contribution in [0.4, 0.5) is 4.79 Å². The maximum Gasteiger partial charge on any atom is 0.407 e. The van der Waals surface area contributed by atoms with Crippen molar-refractivity contribution in [3.63, 3.8) is 0 Å². The summed E-state index contributed by atoms with van der Waals surface area (Å²) < 4.78 is 5.11. The molecular formula is C16H31N2O2. The molecule has 0 aromatic heterocycles. The lowest BCUT2D eigenvalue weighted by Gasteiger charge is -2.08. The molecule has 1 fully saturated rings. The van der Waals surface area contributed by atoms with Crippen molar-refractivity contribution in [2.45, 2.75) is 64.7 Å². The predicted octanol–water partition coefficient (Wildman–Crippen LogP) is 3.48. The molecule has 0 aromatic carbocycles. The van der Waals surface area contributed by atoms with E-state index in [1.807, 2.05) is 0 Å². The number of carbonyl (C=O) groups is 1. The predicted molar refractivity (Wildman–Crippen MR) is 81.9 cm³/mol. The Bertz CT molecular complexity index is 241. The van der Waals surface area contributed by atoms with E-state index in [1.54, 1.807) is 0 Å². The van der Waals surface area contributed by atoms with Gasteiger partial charge in [-0.25, -0.2) is 10.1 Å². The Morgan fingerprint density at radius 1 is 1.20 bits per heavy atom. The van der Waals surface area contributed by atoms with Gasteiger partial charge in [0, 0.05) is 19.6 Å². The highest BCUT2D eigenvalue weighted by Gasteiger charge is 2.14. The Balaban J connectivity index is 1.79. The molecule has 1 aliphatic rings. The number of amides is 1. The largest absolute Gasteiger partial charge is 0.450 e. The Labute approximate surface area is 124 Å². The van der Waals surface area contributed by atoms with Crippen molar-refractivity contribution in [2.75, 3.05) is 26.2 Å². The van der Waals surface area contributed by atoms with Gasteiger partial charge in [-0.3, -0.25) is 0 Å². The molecule has 1 saturated heterocycles. The van der Waals surface area contributed by atoms with Gasteiger partial charge in [0.05, 0.1) is 6.61 Å². The summed E-state index contributed by atoms with van der Waals surface area (Å²) in [6.45, 7) is 5.60. The molecule has 0 saturated carbocycles. The summed E-state index contributed by atoms with van der Waals surface area (Å²) in [4.78, 5) is 11.4. The summed E-state index contributed by atoms with van der Waals surface area (Å²) in [5, 5.41) is 7.20. The number of nitrogens with zero attached hydrogens (tertiary/aromatic N) is 1. The zero-order valence-corrected chi connectivity index (χ0v) is 13.0. The molecule has 117 valence electrons. The molecule has 1 N–H and O–H groups in total. The molecule has 1 radical (unpaired) electrons. The van der Waals surface area contributed by atoms with Crippen LogP contribution in [0.2, 0.25) is 0 Å². The van der Waals surface area contributed by atoms with E-state index in [-0.39, 0.29) is 6.09 Å². The Hall–Kier alpha value is -0.770. The van der Waals surface area contributed by atoms with Gasteiger partial charge in [-0.2, -0.15) is 0 Å². The number of carbonyl (C=O) groups excluding carboxylic acids is 1. The van der Waals surface area contributed by atoms with E-state index in [1.165, 1.54) is 38.5 Å². The topological polar surface area (TPSA) is 52.4 Å². The quantitative estimate of drug-likeness (QED) is 0.590. The average Bonchev–Trinajstić information content (AvgIpc) is 2.95. The fourth-order valence-corrected chi connectivity index (χ4v) is 2.54. The fraction of sp³-hybridized carbons (Fsp3) is 0.938. The molecule has 1 amide bonds. The van der Waals surface area contributed by atoms with Gasteiger partial charge < -0.3 is 10.1 Å². The SMILES string of the molecule is CCCCCCOC(=O)NCCCCCC1CC[N]C1. The van der Waals surface area contributed by atoms with Gasteiger partial charge in [-0.15, -0.1) is 0 Å². The van der Waals surface area contributed by atoms with Crippen LogP contribution in [0.15, 0.2) is 0 Å². The number of nitrogens with one attached hydrogen (secondary N) is 1. The monoisotopic (exact) mass is 283 g/mol. The van der Waals surface area contributed by atoms with Crippen LogP contribution in [-0.2, 0) is 4.74 Å². The van der Waals surface area contributed by atoms with E-state index >= 15 is 0 Å². The fourth-order valence-electron chi connectivity index (χ4n) is 2.54. The zero-order valence-electron chi connectivity index (χ0n) is 13.0. The maximum atomic E-state index is 11.4. The second-order valence-corrected chi connectivity index (χ2v) is 5.76. The smallest absolute Gasteiger partial charge is 0.407 e. The van der Waals surface area contributed by atoms with Gasteiger partial charge in [0.2, 0.25) is 0 Å². The van der Waals surface area contributed by atoms with Crippen molar-refractivity contribution < 1.29 is 9.53 Å². The summed E-state index contributed by atoms with van der Waals surface area (Å²) in [6.07, 6.45) is 10.4. The minimum atomic E-state index is -0.254. The van der Waals surface area contributed by atoms with Crippen LogP contribution in [0.5, 0.6) is 0 Å². The summed E-state index contributed by atoms with van der Waals surface area (Å²) in [5.41, 5.74) is 0. The highest BCUT2D eigenvalue weighted by Crippen LogP contribution is 2.16. The molecule has 0 aliphatic carbocycles. The molecule has 0 aromatic rings. The van der Waals surface area contributed by atoms with E-state index in [4.69, 9.17) is 4.74 Å². The van der Waals surface area contributed by atoms with Gasteiger partial charge in [-0.05, 0) is 31.6 Å². The second-order valence-electron chi connectivity index (χ2n) is 5.76. The van der Waals surface area contributed by atoms with Crippen LogP contribution in [0.1, 0.15) is 64.7 Å². The standard InChI is InChI=1S/C16H31N2O2/c1-2-3-4-8-13-20-16(19)18-11-7-5-6-9-15-10-12-17-14-15/h15H,2-14H2,1H3,(H,18,19). The molecule has 0 spiro atoms.